The first-order valence-electron chi connectivity index (χ1n) is 8.81. The zero-order chi connectivity index (χ0) is 18.7. The fourth-order valence-electron chi connectivity index (χ4n) is 3.55. The Labute approximate surface area is 153 Å². The predicted molar refractivity (Wildman–Crippen MR) is 95.7 cm³/mol. The largest absolute Gasteiger partial charge is 0.368 e. The van der Waals surface area contributed by atoms with Gasteiger partial charge in [0.25, 0.3) is 0 Å². The minimum Gasteiger partial charge on any atom is -0.368 e. The lowest BCUT2D eigenvalue weighted by Crippen LogP contribution is -2.53. The summed E-state index contributed by atoms with van der Waals surface area (Å²) in [6.07, 6.45) is 2.42. The number of amides is 3. The number of carbonyl (C=O) groups excluding carboxylic acids is 2. The van der Waals surface area contributed by atoms with Crippen molar-refractivity contribution in [2.24, 2.45) is 5.73 Å². The van der Waals surface area contributed by atoms with E-state index in [2.05, 4.69) is 5.32 Å². The molecule has 26 heavy (non-hydrogen) atoms. The van der Waals surface area contributed by atoms with E-state index in [1.165, 1.54) is 9.21 Å². The monoisotopic (exact) mass is 380 g/mol. The SMILES string of the molecule is NC(=O)[C@@H]1CCCN1C(=O)NC1CCN(S(=O)(=O)c2ccccc2)CC1. The normalized spacial score (nSPS) is 22.3. The number of benzene rings is 1. The molecular formula is C17H24N4O4S. The van der Waals surface area contributed by atoms with Crippen molar-refractivity contribution in [2.75, 3.05) is 19.6 Å². The Morgan fingerprint density at radius 1 is 1.04 bits per heavy atom. The number of piperidine rings is 1. The van der Waals surface area contributed by atoms with E-state index >= 15 is 0 Å². The van der Waals surface area contributed by atoms with Crippen molar-refractivity contribution in [3.8, 4) is 0 Å². The first-order chi connectivity index (χ1) is 12.4. The van der Waals surface area contributed by atoms with Crippen LogP contribution in [0.15, 0.2) is 35.2 Å². The summed E-state index contributed by atoms with van der Waals surface area (Å²) in [6.45, 7) is 1.21. The fraction of sp³-hybridized carbons (Fsp3) is 0.529. The molecule has 3 N–H and O–H groups in total. The molecule has 1 aromatic rings. The Morgan fingerprint density at radius 3 is 2.31 bits per heavy atom. The number of nitrogens with zero attached hydrogens (tertiary/aromatic N) is 2. The van der Waals surface area contributed by atoms with Crippen LogP contribution in [0.3, 0.4) is 0 Å². The van der Waals surface area contributed by atoms with E-state index in [-0.39, 0.29) is 17.0 Å². The highest BCUT2D eigenvalue weighted by Gasteiger charge is 2.35. The lowest BCUT2D eigenvalue weighted by molar-refractivity contribution is -0.121. The number of sulfonamides is 1. The van der Waals surface area contributed by atoms with Crippen LogP contribution in [0.25, 0.3) is 0 Å². The minimum absolute atomic E-state index is 0.112. The number of rotatable bonds is 4. The van der Waals surface area contributed by atoms with Gasteiger partial charge in [-0.15, -0.1) is 0 Å². The Bertz CT molecular complexity index is 760. The fourth-order valence-corrected chi connectivity index (χ4v) is 5.04. The number of nitrogens with two attached hydrogens (primary N) is 1. The number of primary amides is 1. The average Bonchev–Trinajstić information content (AvgIpc) is 3.13. The molecule has 2 aliphatic heterocycles. The maximum Gasteiger partial charge on any atom is 0.318 e. The van der Waals surface area contributed by atoms with Gasteiger partial charge in [0.05, 0.1) is 4.90 Å². The van der Waals surface area contributed by atoms with Crippen LogP contribution >= 0.6 is 0 Å². The summed E-state index contributed by atoms with van der Waals surface area (Å²) >= 11 is 0. The van der Waals surface area contributed by atoms with Crippen molar-refractivity contribution in [2.45, 2.75) is 42.7 Å². The summed E-state index contributed by atoms with van der Waals surface area (Å²) < 4.78 is 26.7. The molecule has 0 aromatic heterocycles. The minimum atomic E-state index is -3.50. The quantitative estimate of drug-likeness (QED) is 0.792. The van der Waals surface area contributed by atoms with Crippen LogP contribution in [-0.2, 0) is 14.8 Å². The van der Waals surface area contributed by atoms with E-state index in [4.69, 9.17) is 5.73 Å². The maximum absolute atomic E-state index is 12.6. The third-order valence-corrected chi connectivity index (χ3v) is 6.92. The third-order valence-electron chi connectivity index (χ3n) is 5.00. The highest BCUT2D eigenvalue weighted by atomic mass is 32.2. The van der Waals surface area contributed by atoms with Gasteiger partial charge in [-0.2, -0.15) is 4.31 Å². The summed E-state index contributed by atoms with van der Waals surface area (Å²) in [4.78, 5) is 25.6. The van der Waals surface area contributed by atoms with E-state index in [9.17, 15) is 18.0 Å². The Morgan fingerprint density at radius 2 is 1.69 bits per heavy atom. The van der Waals surface area contributed by atoms with Gasteiger partial charge in [0.1, 0.15) is 6.04 Å². The summed E-state index contributed by atoms with van der Waals surface area (Å²) in [5, 5.41) is 2.92. The first-order valence-corrected chi connectivity index (χ1v) is 10.3. The van der Waals surface area contributed by atoms with Gasteiger partial charge in [-0.3, -0.25) is 4.79 Å². The van der Waals surface area contributed by atoms with Gasteiger partial charge in [-0.1, -0.05) is 18.2 Å². The summed E-state index contributed by atoms with van der Waals surface area (Å²) in [5.74, 6) is -0.485. The maximum atomic E-state index is 12.6. The lowest BCUT2D eigenvalue weighted by Gasteiger charge is -2.33. The molecular weight excluding hydrogens is 356 g/mol. The molecule has 9 heteroatoms. The van der Waals surface area contributed by atoms with Gasteiger partial charge in [0, 0.05) is 25.7 Å². The molecule has 0 saturated carbocycles. The van der Waals surface area contributed by atoms with Crippen molar-refractivity contribution >= 4 is 22.0 Å². The first kappa shape index (κ1) is 18.7. The van der Waals surface area contributed by atoms with Crippen LogP contribution in [-0.4, -0.2) is 61.3 Å². The molecule has 0 spiro atoms. The zero-order valence-corrected chi connectivity index (χ0v) is 15.3. The number of hydrogen-bond donors (Lipinski definition) is 2. The van der Waals surface area contributed by atoms with E-state index in [1.807, 2.05) is 0 Å². The molecule has 1 atom stereocenters. The highest BCUT2D eigenvalue weighted by Crippen LogP contribution is 2.22. The molecule has 3 amide bonds. The number of urea groups is 1. The summed E-state index contributed by atoms with van der Waals surface area (Å²) in [6, 6.07) is 7.39. The van der Waals surface area contributed by atoms with Gasteiger partial charge >= 0.3 is 6.03 Å². The zero-order valence-electron chi connectivity index (χ0n) is 14.5. The number of likely N-dealkylation sites (tertiary alicyclic amines) is 1. The number of hydrogen-bond acceptors (Lipinski definition) is 4. The molecule has 2 saturated heterocycles. The molecule has 2 heterocycles. The van der Waals surface area contributed by atoms with E-state index in [0.29, 0.717) is 38.9 Å². The van der Waals surface area contributed by atoms with Crippen molar-refractivity contribution < 1.29 is 18.0 Å². The van der Waals surface area contributed by atoms with Crippen LogP contribution in [0.2, 0.25) is 0 Å². The van der Waals surface area contributed by atoms with Gasteiger partial charge in [0.2, 0.25) is 15.9 Å². The average molecular weight is 380 g/mol. The van der Waals surface area contributed by atoms with E-state index in [0.717, 1.165) is 6.42 Å². The van der Waals surface area contributed by atoms with Crippen LogP contribution in [0.1, 0.15) is 25.7 Å². The molecule has 3 rings (SSSR count). The van der Waals surface area contributed by atoms with Gasteiger partial charge in [-0.05, 0) is 37.8 Å². The van der Waals surface area contributed by atoms with Crippen molar-refractivity contribution in [3.63, 3.8) is 0 Å². The second-order valence-electron chi connectivity index (χ2n) is 6.69. The predicted octanol–water partition coefficient (Wildman–Crippen LogP) is 0.499. The molecule has 8 nitrogen and oxygen atoms in total. The van der Waals surface area contributed by atoms with Gasteiger partial charge in [-0.25, -0.2) is 13.2 Å². The van der Waals surface area contributed by atoms with Crippen LogP contribution < -0.4 is 11.1 Å². The van der Waals surface area contributed by atoms with Gasteiger partial charge in [0.15, 0.2) is 0 Å². The lowest BCUT2D eigenvalue weighted by atomic mass is 10.1. The molecule has 2 aliphatic rings. The second-order valence-corrected chi connectivity index (χ2v) is 8.63. The molecule has 2 fully saturated rings. The van der Waals surface area contributed by atoms with Crippen LogP contribution in [0, 0.1) is 0 Å². The van der Waals surface area contributed by atoms with Crippen molar-refractivity contribution in [1.29, 1.82) is 0 Å². The molecule has 1 aromatic carbocycles. The number of nitrogens with one attached hydrogen (secondary N) is 1. The van der Waals surface area contributed by atoms with Crippen molar-refractivity contribution in [1.82, 2.24) is 14.5 Å². The second kappa shape index (κ2) is 7.63. The van der Waals surface area contributed by atoms with Gasteiger partial charge < -0.3 is 16.0 Å². The highest BCUT2D eigenvalue weighted by molar-refractivity contribution is 7.89. The molecule has 0 unspecified atom stereocenters. The van der Waals surface area contributed by atoms with E-state index in [1.54, 1.807) is 30.3 Å². The Hall–Kier alpha value is -2.13. The van der Waals surface area contributed by atoms with Crippen LogP contribution in [0.4, 0.5) is 4.79 Å². The Balaban J connectivity index is 1.56. The smallest absolute Gasteiger partial charge is 0.318 e. The molecule has 142 valence electrons. The van der Waals surface area contributed by atoms with E-state index < -0.39 is 22.0 Å². The summed E-state index contributed by atoms with van der Waals surface area (Å²) in [7, 11) is -3.50. The molecule has 0 aliphatic carbocycles. The molecule has 0 bridgehead atoms. The molecule has 0 radical (unpaired) electrons. The topological polar surface area (TPSA) is 113 Å². The summed E-state index contributed by atoms with van der Waals surface area (Å²) in [5.41, 5.74) is 5.35. The van der Waals surface area contributed by atoms with Crippen molar-refractivity contribution in [3.05, 3.63) is 30.3 Å². The third kappa shape index (κ3) is 3.83. The Kier molecular flexibility index (Phi) is 5.47. The van der Waals surface area contributed by atoms with Crippen LogP contribution in [0.5, 0.6) is 0 Å². The number of carbonyl (C=O) groups is 2. The standard InChI is InChI=1S/C17H24N4O4S/c18-16(22)15-7-4-10-21(15)17(23)19-13-8-11-20(12-9-13)26(24,25)14-5-2-1-3-6-14/h1-3,5-6,13,15H,4,7-12H2,(H2,18,22)(H,19,23)/t15-/m0/s1.